The molecule has 1 aromatic heterocycles. The minimum atomic E-state index is 0.104. The van der Waals surface area contributed by atoms with Gasteiger partial charge in [-0.05, 0) is 28.0 Å². The van der Waals surface area contributed by atoms with Gasteiger partial charge in [0.05, 0.1) is 5.69 Å². The lowest BCUT2D eigenvalue weighted by Gasteiger charge is -1.96. The van der Waals surface area contributed by atoms with Crippen LogP contribution in [0.5, 0.6) is 0 Å². The van der Waals surface area contributed by atoms with Crippen LogP contribution in [-0.4, -0.2) is 7.05 Å². The van der Waals surface area contributed by atoms with Gasteiger partial charge >= 0.3 is 0 Å². The van der Waals surface area contributed by atoms with Crippen molar-refractivity contribution >= 4 is 26.4 Å². The molecule has 76 valence electrons. The minimum Gasteiger partial charge on any atom is -0.277 e. The molecule has 3 nitrogen and oxygen atoms in total. The highest BCUT2D eigenvalue weighted by atomic mass is 32.9. The van der Waals surface area contributed by atoms with E-state index in [9.17, 15) is 4.79 Å². The van der Waals surface area contributed by atoms with Crippen molar-refractivity contribution < 1.29 is 0 Å². The normalized spacial score (nSPS) is 11.0. The fourth-order valence-corrected chi connectivity index (χ4v) is 3.07. The number of nitrogens with zero attached hydrogens (tertiary/aromatic N) is 2. The lowest BCUT2D eigenvalue weighted by Crippen LogP contribution is -1.81. The molecule has 0 fully saturated rings. The van der Waals surface area contributed by atoms with Crippen molar-refractivity contribution in [2.75, 3.05) is 7.05 Å². The lowest BCUT2D eigenvalue weighted by atomic mass is 10.2. The smallest absolute Gasteiger partial charge is 0.243 e. The third-order valence-electron chi connectivity index (χ3n) is 1.83. The van der Waals surface area contributed by atoms with Crippen molar-refractivity contribution in [3.63, 3.8) is 0 Å². The van der Waals surface area contributed by atoms with Crippen LogP contribution in [0.4, 0.5) is 5.69 Å². The van der Waals surface area contributed by atoms with E-state index in [1.54, 1.807) is 13.1 Å². The summed E-state index contributed by atoms with van der Waals surface area (Å²) in [4.78, 5) is 12.0. The van der Waals surface area contributed by atoms with Crippen LogP contribution in [0, 0.1) is 0 Å². The second kappa shape index (κ2) is 4.46. The maximum Gasteiger partial charge on any atom is 0.243 e. The van der Waals surface area contributed by atoms with Gasteiger partial charge in [0.15, 0.2) is 0 Å². The predicted octanol–water partition coefficient (Wildman–Crippen LogP) is 3.55. The van der Waals surface area contributed by atoms with E-state index in [0.29, 0.717) is 0 Å². The molecule has 15 heavy (non-hydrogen) atoms. The van der Waals surface area contributed by atoms with Crippen molar-refractivity contribution in [2.24, 2.45) is 10.2 Å². The average molecular weight is 236 g/mol. The van der Waals surface area contributed by atoms with Crippen LogP contribution in [0.2, 0.25) is 0 Å². The van der Waals surface area contributed by atoms with E-state index >= 15 is 0 Å². The van der Waals surface area contributed by atoms with Crippen LogP contribution >= 0.6 is 20.7 Å². The molecule has 0 saturated heterocycles. The molecule has 5 heteroatoms. The number of hydrogen-bond acceptors (Lipinski definition) is 5. The Hall–Kier alpha value is -1.33. The van der Waals surface area contributed by atoms with E-state index in [2.05, 4.69) is 10.2 Å². The number of rotatable bonds is 2. The quantitative estimate of drug-likeness (QED) is 0.580. The molecule has 0 atom stereocenters. The van der Waals surface area contributed by atoms with Crippen LogP contribution in [0.25, 0.3) is 10.4 Å². The fourth-order valence-electron chi connectivity index (χ4n) is 1.18. The zero-order valence-corrected chi connectivity index (χ0v) is 9.64. The maximum atomic E-state index is 11.0. The highest BCUT2D eigenvalue weighted by Crippen LogP contribution is 2.26. The van der Waals surface area contributed by atoms with Gasteiger partial charge in [-0.25, -0.2) is 0 Å². The molecular formula is C10H8N2OS2. The van der Waals surface area contributed by atoms with Crippen molar-refractivity contribution in [1.29, 1.82) is 0 Å². The van der Waals surface area contributed by atoms with Gasteiger partial charge in [0.25, 0.3) is 0 Å². The molecule has 0 saturated carbocycles. The van der Waals surface area contributed by atoms with Gasteiger partial charge in [-0.3, -0.25) is 4.79 Å². The molecular weight excluding hydrogens is 228 g/mol. The second-order valence-corrected chi connectivity index (χ2v) is 5.02. The Morgan fingerprint density at radius 3 is 2.40 bits per heavy atom. The van der Waals surface area contributed by atoms with Crippen LogP contribution in [0.15, 0.2) is 45.4 Å². The van der Waals surface area contributed by atoms with Gasteiger partial charge in [0.2, 0.25) is 4.74 Å². The van der Waals surface area contributed by atoms with Crippen molar-refractivity contribution in [3.8, 4) is 10.4 Å². The van der Waals surface area contributed by atoms with Crippen molar-refractivity contribution in [1.82, 2.24) is 0 Å². The summed E-state index contributed by atoms with van der Waals surface area (Å²) in [5, 5.41) is 7.61. The van der Waals surface area contributed by atoms with Gasteiger partial charge in [0.1, 0.15) is 0 Å². The highest BCUT2D eigenvalue weighted by molar-refractivity contribution is 7.69. The molecule has 0 amide bonds. The first-order valence-corrected chi connectivity index (χ1v) is 6.45. The molecule has 0 spiro atoms. The molecule has 0 aliphatic carbocycles. The Labute approximate surface area is 94.1 Å². The fraction of sp³-hybridized carbons (Fsp3) is 0.100. The zero-order valence-electron chi connectivity index (χ0n) is 8.01. The van der Waals surface area contributed by atoms with Gasteiger partial charge in [-0.2, -0.15) is 10.2 Å². The summed E-state index contributed by atoms with van der Waals surface area (Å²) in [6, 6.07) is 9.32. The highest BCUT2D eigenvalue weighted by Gasteiger charge is 2.01. The van der Waals surface area contributed by atoms with Crippen LogP contribution in [0.3, 0.4) is 0 Å². The summed E-state index contributed by atoms with van der Waals surface area (Å²) >= 11 is 0. The molecule has 2 aromatic rings. The summed E-state index contributed by atoms with van der Waals surface area (Å²) < 4.78 is 0.104. The predicted molar refractivity (Wildman–Crippen MR) is 64.3 cm³/mol. The van der Waals surface area contributed by atoms with Crippen LogP contribution in [-0.2, 0) is 0 Å². The SMILES string of the molecule is CN=Nc1ccc(-c2cc(=O)ss2)cc1. The van der Waals surface area contributed by atoms with Gasteiger partial charge in [-0.1, -0.05) is 22.5 Å². The minimum absolute atomic E-state index is 0.104. The molecule has 0 aliphatic heterocycles. The number of benzene rings is 1. The third-order valence-corrected chi connectivity index (χ3v) is 4.01. The average Bonchev–Trinajstić information content (AvgIpc) is 2.67. The monoisotopic (exact) mass is 236 g/mol. The van der Waals surface area contributed by atoms with Crippen molar-refractivity contribution in [2.45, 2.75) is 0 Å². The molecule has 1 aromatic carbocycles. The Morgan fingerprint density at radius 1 is 1.13 bits per heavy atom. The molecule has 0 N–H and O–H groups in total. The summed E-state index contributed by atoms with van der Waals surface area (Å²) in [6.45, 7) is 0. The van der Waals surface area contributed by atoms with E-state index in [4.69, 9.17) is 0 Å². The largest absolute Gasteiger partial charge is 0.277 e. The molecule has 2 rings (SSSR count). The molecule has 0 aliphatic rings. The third kappa shape index (κ3) is 2.37. The van der Waals surface area contributed by atoms with E-state index in [1.807, 2.05) is 24.3 Å². The van der Waals surface area contributed by atoms with E-state index < -0.39 is 0 Å². The summed E-state index contributed by atoms with van der Waals surface area (Å²) in [5.41, 5.74) is 1.87. The van der Waals surface area contributed by atoms with Gasteiger partial charge < -0.3 is 0 Å². The Kier molecular flexibility index (Phi) is 3.03. The van der Waals surface area contributed by atoms with E-state index in [1.165, 1.54) is 20.7 Å². The van der Waals surface area contributed by atoms with Crippen LogP contribution < -0.4 is 4.74 Å². The first-order valence-electron chi connectivity index (χ1n) is 4.30. The first kappa shape index (κ1) is 10.2. The topological polar surface area (TPSA) is 41.8 Å². The second-order valence-electron chi connectivity index (χ2n) is 2.84. The maximum absolute atomic E-state index is 11.0. The first-order chi connectivity index (χ1) is 7.29. The van der Waals surface area contributed by atoms with E-state index in [0.717, 1.165) is 16.1 Å². The molecule has 0 radical (unpaired) electrons. The summed E-state index contributed by atoms with van der Waals surface area (Å²) in [6.07, 6.45) is 0. The van der Waals surface area contributed by atoms with E-state index in [-0.39, 0.29) is 4.74 Å². The summed E-state index contributed by atoms with van der Waals surface area (Å²) in [5.74, 6) is 0. The van der Waals surface area contributed by atoms with Gasteiger partial charge in [0, 0.05) is 18.0 Å². The lowest BCUT2D eigenvalue weighted by molar-refractivity contribution is 1.17. The Balaban J connectivity index is 2.35. The molecule has 0 unspecified atom stereocenters. The Morgan fingerprint density at radius 2 is 1.87 bits per heavy atom. The Bertz CT molecular complexity index is 525. The number of azo groups is 1. The zero-order chi connectivity index (χ0) is 10.7. The molecule has 1 heterocycles. The number of hydrogen-bond donors (Lipinski definition) is 0. The molecule has 0 bridgehead atoms. The standard InChI is InChI=1S/C10H8N2OS2/c1-11-12-8-4-2-7(3-5-8)9-6-10(13)15-14-9/h2-6H,1H3. The summed E-state index contributed by atoms with van der Waals surface area (Å²) in [7, 11) is 4.39. The van der Waals surface area contributed by atoms with Crippen molar-refractivity contribution in [3.05, 3.63) is 39.9 Å². The van der Waals surface area contributed by atoms with Gasteiger partial charge in [-0.15, -0.1) is 0 Å². The van der Waals surface area contributed by atoms with Crippen LogP contribution in [0.1, 0.15) is 0 Å².